The van der Waals surface area contributed by atoms with E-state index >= 15 is 0 Å². The molecule has 0 radical (unpaired) electrons. The van der Waals surface area contributed by atoms with Crippen molar-refractivity contribution in [1.29, 1.82) is 0 Å². The number of carbonyl (C=O) groups is 1. The summed E-state index contributed by atoms with van der Waals surface area (Å²) in [5.74, 6) is 1.24. The van der Waals surface area contributed by atoms with Crippen LogP contribution in [0.2, 0.25) is 0 Å². The van der Waals surface area contributed by atoms with Crippen LogP contribution in [0.15, 0.2) is 23.4 Å². The Hall–Kier alpha value is -2.28. The van der Waals surface area contributed by atoms with Crippen molar-refractivity contribution in [2.75, 3.05) is 54.1 Å². The first-order valence-corrected chi connectivity index (χ1v) is 7.90. The molecule has 0 bridgehead atoms. The molecular weight excluding hydrogens is 310 g/mol. The molecule has 0 atom stereocenters. The average molecular weight is 335 g/mol. The van der Waals surface area contributed by atoms with Crippen LogP contribution in [0, 0.1) is 0 Å². The minimum atomic E-state index is -0.0473. The highest BCUT2D eigenvalue weighted by atomic mass is 16.6. The number of rotatable bonds is 6. The number of hydrogen-bond donors (Lipinski definition) is 0. The molecule has 7 nitrogen and oxygen atoms in total. The van der Waals surface area contributed by atoms with Crippen LogP contribution in [0.3, 0.4) is 0 Å². The molecule has 1 aliphatic rings. The normalized spacial score (nSPS) is 16.0. The second-order valence-electron chi connectivity index (χ2n) is 5.70. The molecule has 1 amide bonds. The van der Waals surface area contributed by atoms with Crippen molar-refractivity contribution in [3.05, 3.63) is 23.8 Å². The lowest BCUT2D eigenvalue weighted by Gasteiger charge is -2.32. The van der Waals surface area contributed by atoms with Crippen LogP contribution in [0.1, 0.15) is 12.5 Å². The van der Waals surface area contributed by atoms with E-state index < -0.39 is 0 Å². The fourth-order valence-corrected chi connectivity index (χ4v) is 2.45. The van der Waals surface area contributed by atoms with Gasteiger partial charge in [-0.1, -0.05) is 5.16 Å². The molecular formula is C17H25N3O4. The molecule has 1 aliphatic heterocycles. The molecule has 0 N–H and O–H groups in total. The summed E-state index contributed by atoms with van der Waals surface area (Å²) >= 11 is 0. The lowest BCUT2D eigenvalue weighted by Crippen LogP contribution is -2.48. The number of oxime groups is 1. The van der Waals surface area contributed by atoms with Gasteiger partial charge in [-0.05, 0) is 32.2 Å². The number of carbonyl (C=O) groups excluding carboxylic acids is 1. The van der Waals surface area contributed by atoms with Crippen LogP contribution in [0.4, 0.5) is 0 Å². The number of benzene rings is 1. The van der Waals surface area contributed by atoms with Crippen LogP contribution < -0.4 is 9.47 Å². The maximum absolute atomic E-state index is 12.1. The molecule has 7 heteroatoms. The van der Waals surface area contributed by atoms with Crippen LogP contribution in [0.5, 0.6) is 11.5 Å². The summed E-state index contributed by atoms with van der Waals surface area (Å²) in [5, 5.41) is 4.04. The van der Waals surface area contributed by atoms with E-state index in [9.17, 15) is 4.79 Å². The van der Waals surface area contributed by atoms with Gasteiger partial charge in [0.1, 0.15) is 0 Å². The zero-order chi connectivity index (χ0) is 17.5. The summed E-state index contributed by atoms with van der Waals surface area (Å²) in [6, 6.07) is 5.50. The van der Waals surface area contributed by atoms with Crippen molar-refractivity contribution >= 4 is 11.6 Å². The predicted molar refractivity (Wildman–Crippen MR) is 91.8 cm³/mol. The van der Waals surface area contributed by atoms with E-state index in [1.54, 1.807) is 19.1 Å². The van der Waals surface area contributed by atoms with Gasteiger partial charge in [0.05, 0.1) is 19.9 Å². The minimum Gasteiger partial charge on any atom is -0.493 e. The monoisotopic (exact) mass is 335 g/mol. The van der Waals surface area contributed by atoms with E-state index in [1.165, 1.54) is 0 Å². The van der Waals surface area contributed by atoms with E-state index in [0.29, 0.717) is 17.2 Å². The van der Waals surface area contributed by atoms with E-state index in [4.69, 9.17) is 14.3 Å². The maximum Gasteiger partial charge on any atom is 0.263 e. The standard InChI is InChI=1S/C17H25N3O4/c1-13(14-5-6-15(22-3)16(11-14)23-4)18-24-12-17(21)20-9-7-19(2)8-10-20/h5-6,11H,7-10,12H2,1-4H3. The summed E-state index contributed by atoms with van der Waals surface area (Å²) in [6.07, 6.45) is 0. The third kappa shape index (κ3) is 4.61. The minimum absolute atomic E-state index is 0.0352. The molecule has 1 aromatic rings. The van der Waals surface area contributed by atoms with Crippen LogP contribution >= 0.6 is 0 Å². The van der Waals surface area contributed by atoms with Gasteiger partial charge in [-0.3, -0.25) is 4.79 Å². The van der Waals surface area contributed by atoms with Crippen molar-refractivity contribution in [1.82, 2.24) is 9.80 Å². The number of nitrogens with zero attached hydrogens (tertiary/aromatic N) is 3. The molecule has 0 saturated carbocycles. The topological polar surface area (TPSA) is 63.6 Å². The molecule has 132 valence electrons. The number of methoxy groups -OCH3 is 2. The largest absolute Gasteiger partial charge is 0.493 e. The number of ether oxygens (including phenoxy) is 2. The molecule has 0 aliphatic carbocycles. The summed E-state index contributed by atoms with van der Waals surface area (Å²) in [5.41, 5.74) is 1.52. The van der Waals surface area contributed by atoms with E-state index in [1.807, 2.05) is 25.1 Å². The van der Waals surface area contributed by atoms with Gasteiger partial charge in [0.2, 0.25) is 0 Å². The van der Waals surface area contributed by atoms with Crippen LogP contribution in [-0.4, -0.2) is 75.5 Å². The van der Waals surface area contributed by atoms with Crippen molar-refractivity contribution in [3.63, 3.8) is 0 Å². The van der Waals surface area contributed by atoms with Gasteiger partial charge in [-0.15, -0.1) is 0 Å². The third-order valence-corrected chi connectivity index (χ3v) is 4.05. The molecule has 1 aromatic carbocycles. The van der Waals surface area contributed by atoms with Crippen molar-refractivity contribution in [3.8, 4) is 11.5 Å². The van der Waals surface area contributed by atoms with E-state index in [-0.39, 0.29) is 12.5 Å². The molecule has 1 saturated heterocycles. The number of piperazine rings is 1. The highest BCUT2D eigenvalue weighted by Gasteiger charge is 2.19. The predicted octanol–water partition coefficient (Wildman–Crippen LogP) is 1.22. The van der Waals surface area contributed by atoms with Crippen molar-refractivity contribution < 1.29 is 19.1 Å². The molecule has 24 heavy (non-hydrogen) atoms. The Labute approximate surface area is 142 Å². The van der Waals surface area contributed by atoms with Crippen LogP contribution in [-0.2, 0) is 9.63 Å². The smallest absolute Gasteiger partial charge is 0.263 e. The number of likely N-dealkylation sites (N-methyl/N-ethyl adjacent to an activating group) is 1. The Morgan fingerprint density at radius 2 is 1.79 bits per heavy atom. The highest BCUT2D eigenvalue weighted by Crippen LogP contribution is 2.27. The summed E-state index contributed by atoms with van der Waals surface area (Å²) in [7, 11) is 5.22. The van der Waals surface area contributed by atoms with E-state index in [0.717, 1.165) is 31.7 Å². The van der Waals surface area contributed by atoms with Gasteiger partial charge < -0.3 is 24.1 Å². The first-order chi connectivity index (χ1) is 11.5. The van der Waals surface area contributed by atoms with Gasteiger partial charge in [0.25, 0.3) is 5.91 Å². The summed E-state index contributed by atoms with van der Waals surface area (Å²) in [6.45, 7) is 5.02. The van der Waals surface area contributed by atoms with Gasteiger partial charge in [0.15, 0.2) is 18.1 Å². The fraction of sp³-hybridized carbons (Fsp3) is 0.529. The quantitative estimate of drug-likeness (QED) is 0.578. The van der Waals surface area contributed by atoms with Crippen molar-refractivity contribution in [2.45, 2.75) is 6.92 Å². The molecule has 0 aromatic heterocycles. The zero-order valence-electron chi connectivity index (χ0n) is 14.7. The second-order valence-corrected chi connectivity index (χ2v) is 5.70. The van der Waals surface area contributed by atoms with Gasteiger partial charge in [0, 0.05) is 31.7 Å². The summed E-state index contributed by atoms with van der Waals surface area (Å²) in [4.78, 5) is 21.3. The van der Waals surface area contributed by atoms with Gasteiger partial charge >= 0.3 is 0 Å². The number of hydrogen-bond acceptors (Lipinski definition) is 6. The van der Waals surface area contributed by atoms with Gasteiger partial charge in [-0.2, -0.15) is 0 Å². The first-order valence-electron chi connectivity index (χ1n) is 7.90. The second kappa shape index (κ2) is 8.54. The Bertz CT molecular complexity index is 595. The molecule has 1 fully saturated rings. The third-order valence-electron chi connectivity index (χ3n) is 4.05. The van der Waals surface area contributed by atoms with E-state index in [2.05, 4.69) is 17.1 Å². The Balaban J connectivity index is 1.90. The molecule has 1 heterocycles. The molecule has 2 rings (SSSR count). The number of amides is 1. The highest BCUT2D eigenvalue weighted by molar-refractivity contribution is 5.98. The Kier molecular flexibility index (Phi) is 6.43. The average Bonchev–Trinajstić information content (AvgIpc) is 2.61. The van der Waals surface area contributed by atoms with Gasteiger partial charge in [-0.25, -0.2) is 0 Å². The first kappa shape index (κ1) is 18.1. The summed E-state index contributed by atoms with van der Waals surface area (Å²) < 4.78 is 10.5. The fourth-order valence-electron chi connectivity index (χ4n) is 2.45. The van der Waals surface area contributed by atoms with Crippen molar-refractivity contribution in [2.24, 2.45) is 5.16 Å². The molecule has 0 spiro atoms. The lowest BCUT2D eigenvalue weighted by molar-refractivity contribution is -0.137. The SMILES string of the molecule is COc1ccc(C(C)=NOCC(=O)N2CCN(C)CC2)cc1OC. The Morgan fingerprint density at radius 3 is 2.42 bits per heavy atom. The maximum atomic E-state index is 12.1. The zero-order valence-corrected chi connectivity index (χ0v) is 14.7. The Morgan fingerprint density at radius 1 is 1.12 bits per heavy atom. The lowest BCUT2D eigenvalue weighted by atomic mass is 10.1. The van der Waals surface area contributed by atoms with Crippen LogP contribution in [0.25, 0.3) is 0 Å². The molecule has 0 unspecified atom stereocenters.